The first-order valence-corrected chi connectivity index (χ1v) is 6.06. The highest BCUT2D eigenvalue weighted by Gasteiger charge is 2.06. The van der Waals surface area contributed by atoms with Crippen molar-refractivity contribution in [2.24, 2.45) is 5.73 Å². The van der Waals surface area contributed by atoms with Crippen LogP contribution in [0.15, 0.2) is 36.5 Å². The van der Waals surface area contributed by atoms with Crippen LogP contribution in [0.3, 0.4) is 0 Å². The van der Waals surface area contributed by atoms with Crippen LogP contribution in [0.4, 0.5) is 0 Å². The van der Waals surface area contributed by atoms with E-state index in [0.29, 0.717) is 5.82 Å². The number of phenols is 1. The molecule has 4 heteroatoms. The van der Waals surface area contributed by atoms with Gasteiger partial charge in [0.15, 0.2) is 5.82 Å². The summed E-state index contributed by atoms with van der Waals surface area (Å²) < 4.78 is 0. The number of phenolic OH excluding ortho intramolecular Hbond substituents is 1. The van der Waals surface area contributed by atoms with Crippen LogP contribution in [-0.4, -0.2) is 21.1 Å². The number of benzene rings is 1. The van der Waals surface area contributed by atoms with Crippen molar-refractivity contribution in [3.05, 3.63) is 42.2 Å². The van der Waals surface area contributed by atoms with Gasteiger partial charge in [-0.2, -0.15) is 0 Å². The molecular weight excluding hydrogens is 226 g/mol. The zero-order valence-electron chi connectivity index (χ0n) is 10.4. The molecule has 1 heterocycles. The van der Waals surface area contributed by atoms with Crippen molar-refractivity contribution in [3.8, 4) is 17.1 Å². The van der Waals surface area contributed by atoms with E-state index in [4.69, 9.17) is 5.73 Å². The topological polar surface area (TPSA) is 72.0 Å². The standard InChI is InChI=1S/C14H17N3O/c1-2-11(15)9-12-7-8-16-14(17-12)10-3-5-13(18)6-4-10/h3-8,11,18H,2,9,15H2,1H3. The van der Waals surface area contributed by atoms with Crippen molar-refractivity contribution in [2.75, 3.05) is 0 Å². The van der Waals surface area contributed by atoms with Gasteiger partial charge in [0.2, 0.25) is 0 Å². The monoisotopic (exact) mass is 243 g/mol. The molecule has 4 nitrogen and oxygen atoms in total. The molecule has 0 radical (unpaired) electrons. The molecule has 2 aromatic rings. The number of aromatic nitrogens is 2. The molecule has 3 N–H and O–H groups in total. The minimum Gasteiger partial charge on any atom is -0.508 e. The molecule has 1 atom stereocenters. The molecule has 2 rings (SSSR count). The van der Waals surface area contributed by atoms with Gasteiger partial charge in [0.05, 0.1) is 0 Å². The van der Waals surface area contributed by atoms with E-state index < -0.39 is 0 Å². The number of aromatic hydroxyl groups is 1. The predicted octanol–water partition coefficient (Wildman–Crippen LogP) is 2.13. The Balaban J connectivity index is 2.24. The Morgan fingerprint density at radius 2 is 1.94 bits per heavy atom. The van der Waals surface area contributed by atoms with E-state index in [1.165, 1.54) is 0 Å². The SMILES string of the molecule is CCC(N)Cc1ccnc(-c2ccc(O)cc2)n1. The molecule has 0 saturated heterocycles. The zero-order chi connectivity index (χ0) is 13.0. The lowest BCUT2D eigenvalue weighted by Crippen LogP contribution is -2.22. The van der Waals surface area contributed by atoms with Crippen LogP contribution in [-0.2, 0) is 6.42 Å². The molecule has 0 bridgehead atoms. The van der Waals surface area contributed by atoms with E-state index in [0.717, 1.165) is 24.1 Å². The first-order valence-electron chi connectivity index (χ1n) is 6.06. The Morgan fingerprint density at radius 1 is 1.22 bits per heavy atom. The van der Waals surface area contributed by atoms with E-state index >= 15 is 0 Å². The van der Waals surface area contributed by atoms with Crippen molar-refractivity contribution < 1.29 is 5.11 Å². The molecule has 0 aliphatic heterocycles. The summed E-state index contributed by atoms with van der Waals surface area (Å²) in [6.07, 6.45) is 3.43. The van der Waals surface area contributed by atoms with Gasteiger partial charge in [-0.15, -0.1) is 0 Å². The van der Waals surface area contributed by atoms with Crippen molar-refractivity contribution in [3.63, 3.8) is 0 Å². The summed E-state index contributed by atoms with van der Waals surface area (Å²) in [6.45, 7) is 2.06. The fourth-order valence-electron chi connectivity index (χ4n) is 1.67. The molecule has 0 spiro atoms. The van der Waals surface area contributed by atoms with Crippen LogP contribution in [0, 0.1) is 0 Å². The Hall–Kier alpha value is -1.94. The van der Waals surface area contributed by atoms with Gasteiger partial charge in [-0.3, -0.25) is 0 Å². The summed E-state index contributed by atoms with van der Waals surface area (Å²) in [6, 6.07) is 8.88. The fraction of sp³-hybridized carbons (Fsp3) is 0.286. The second-order valence-electron chi connectivity index (χ2n) is 4.29. The van der Waals surface area contributed by atoms with Crippen LogP contribution in [0.2, 0.25) is 0 Å². The number of rotatable bonds is 4. The number of nitrogens with two attached hydrogens (primary N) is 1. The molecule has 1 aromatic carbocycles. The first-order chi connectivity index (χ1) is 8.69. The lowest BCUT2D eigenvalue weighted by molar-refractivity contribution is 0.475. The van der Waals surface area contributed by atoms with Crippen LogP contribution in [0.1, 0.15) is 19.0 Å². The normalized spacial score (nSPS) is 12.3. The molecule has 94 valence electrons. The Labute approximate surface area is 107 Å². The Bertz CT molecular complexity index is 511. The van der Waals surface area contributed by atoms with Crippen LogP contribution in [0.5, 0.6) is 5.75 Å². The summed E-state index contributed by atoms with van der Waals surface area (Å²) in [5.41, 5.74) is 7.76. The Morgan fingerprint density at radius 3 is 2.61 bits per heavy atom. The highest BCUT2D eigenvalue weighted by atomic mass is 16.3. The van der Waals surface area contributed by atoms with Crippen molar-refractivity contribution in [1.82, 2.24) is 9.97 Å². The van der Waals surface area contributed by atoms with Crippen LogP contribution in [0.25, 0.3) is 11.4 Å². The van der Waals surface area contributed by atoms with Gasteiger partial charge in [-0.25, -0.2) is 9.97 Å². The van der Waals surface area contributed by atoms with Crippen molar-refractivity contribution in [2.45, 2.75) is 25.8 Å². The van der Waals surface area contributed by atoms with Crippen molar-refractivity contribution in [1.29, 1.82) is 0 Å². The third-order valence-electron chi connectivity index (χ3n) is 2.83. The lowest BCUT2D eigenvalue weighted by Gasteiger charge is -2.08. The highest BCUT2D eigenvalue weighted by Crippen LogP contribution is 2.18. The highest BCUT2D eigenvalue weighted by molar-refractivity contribution is 5.55. The van der Waals surface area contributed by atoms with E-state index in [2.05, 4.69) is 16.9 Å². The quantitative estimate of drug-likeness (QED) is 0.862. The lowest BCUT2D eigenvalue weighted by atomic mass is 10.1. The summed E-state index contributed by atoms with van der Waals surface area (Å²) in [5.74, 6) is 0.902. The third-order valence-corrected chi connectivity index (χ3v) is 2.83. The zero-order valence-corrected chi connectivity index (χ0v) is 10.4. The van der Waals surface area contributed by atoms with Gasteiger partial charge < -0.3 is 10.8 Å². The number of nitrogens with zero attached hydrogens (tertiary/aromatic N) is 2. The number of hydrogen-bond donors (Lipinski definition) is 2. The second kappa shape index (κ2) is 5.60. The van der Waals surface area contributed by atoms with Crippen molar-refractivity contribution >= 4 is 0 Å². The first kappa shape index (κ1) is 12.5. The smallest absolute Gasteiger partial charge is 0.159 e. The van der Waals surface area contributed by atoms with E-state index in [1.54, 1.807) is 30.5 Å². The maximum absolute atomic E-state index is 9.25. The third kappa shape index (κ3) is 3.05. The minimum absolute atomic E-state index is 0.132. The summed E-state index contributed by atoms with van der Waals surface area (Å²) in [7, 11) is 0. The molecular formula is C14H17N3O. The molecule has 0 aliphatic carbocycles. The molecule has 0 fully saturated rings. The molecule has 1 aromatic heterocycles. The van der Waals surface area contributed by atoms with Crippen LogP contribution >= 0.6 is 0 Å². The predicted molar refractivity (Wildman–Crippen MR) is 71.1 cm³/mol. The van der Waals surface area contributed by atoms with E-state index in [9.17, 15) is 5.11 Å². The van der Waals surface area contributed by atoms with Gasteiger partial charge >= 0.3 is 0 Å². The van der Waals surface area contributed by atoms with Gasteiger partial charge in [0.25, 0.3) is 0 Å². The average molecular weight is 243 g/mol. The molecule has 0 aliphatic rings. The summed E-state index contributed by atoms with van der Waals surface area (Å²) >= 11 is 0. The maximum atomic E-state index is 9.25. The molecule has 0 saturated carbocycles. The fourth-order valence-corrected chi connectivity index (χ4v) is 1.67. The van der Waals surface area contributed by atoms with E-state index in [1.807, 2.05) is 6.07 Å². The van der Waals surface area contributed by atoms with Crippen LogP contribution < -0.4 is 5.73 Å². The average Bonchev–Trinajstić information content (AvgIpc) is 2.40. The molecule has 18 heavy (non-hydrogen) atoms. The maximum Gasteiger partial charge on any atom is 0.159 e. The summed E-state index contributed by atoms with van der Waals surface area (Å²) in [5, 5.41) is 9.25. The van der Waals surface area contributed by atoms with Gasteiger partial charge in [-0.1, -0.05) is 6.92 Å². The largest absolute Gasteiger partial charge is 0.508 e. The minimum atomic E-state index is 0.132. The Kier molecular flexibility index (Phi) is 3.89. The van der Waals surface area contributed by atoms with Gasteiger partial charge in [0.1, 0.15) is 5.75 Å². The second-order valence-corrected chi connectivity index (χ2v) is 4.29. The summed E-state index contributed by atoms with van der Waals surface area (Å²) in [4.78, 5) is 8.73. The number of hydrogen-bond acceptors (Lipinski definition) is 4. The molecule has 0 amide bonds. The van der Waals surface area contributed by atoms with Gasteiger partial charge in [-0.05, 0) is 36.8 Å². The molecule has 1 unspecified atom stereocenters. The van der Waals surface area contributed by atoms with E-state index in [-0.39, 0.29) is 11.8 Å². The van der Waals surface area contributed by atoms with Gasteiger partial charge in [0, 0.05) is 29.9 Å².